The number of amides is 1. The van der Waals surface area contributed by atoms with Crippen LogP contribution in [0.4, 0.5) is 0 Å². The van der Waals surface area contributed by atoms with Crippen molar-refractivity contribution in [2.24, 2.45) is 5.73 Å². The van der Waals surface area contributed by atoms with Gasteiger partial charge in [0.15, 0.2) is 0 Å². The molecule has 64 valence electrons. The molecule has 0 aliphatic rings. The normalized spacial score (nSPS) is 10.4. The first-order valence-corrected chi connectivity index (χ1v) is 4.81. The molecule has 0 fully saturated rings. The van der Waals surface area contributed by atoms with Gasteiger partial charge in [0, 0.05) is 13.1 Å². The summed E-state index contributed by atoms with van der Waals surface area (Å²) < 4.78 is 0. The number of nitrogens with one attached hydrogen (secondary N) is 1. The van der Waals surface area contributed by atoms with Crippen molar-refractivity contribution in [3.63, 3.8) is 0 Å². The molecule has 0 heterocycles. The number of hydrogen-bond donors (Lipinski definition) is 2. The van der Waals surface area contributed by atoms with Gasteiger partial charge in [0.25, 0.3) is 0 Å². The zero-order valence-electron chi connectivity index (χ0n) is 6.67. The van der Waals surface area contributed by atoms with Gasteiger partial charge in [0.05, 0.1) is 5.75 Å². The van der Waals surface area contributed by atoms with Crippen LogP contribution in [0.2, 0.25) is 0 Å². The Morgan fingerprint density at radius 1 is 1.64 bits per heavy atom. The quantitative estimate of drug-likeness (QED) is 0.576. The van der Waals surface area contributed by atoms with E-state index in [1.54, 1.807) is 0 Å². The van der Waals surface area contributed by atoms with Crippen LogP contribution in [-0.2, 0) is 4.79 Å². The smallest absolute Gasteiger partial charge is 0.230 e. The number of carbonyl (C=O) groups is 1. The molecule has 1 amide bonds. The molecule has 3 N–H and O–H groups in total. The molecule has 0 aromatic rings. The first-order chi connectivity index (χ1) is 5.31. The number of thioether (sulfide) groups is 1. The van der Waals surface area contributed by atoms with Crippen molar-refractivity contribution in [1.82, 2.24) is 5.32 Å². The molecule has 0 rings (SSSR count). The number of hydrogen-bond acceptors (Lipinski definition) is 3. The average Bonchev–Trinajstić information content (AvgIpc) is 1.99. The highest BCUT2D eigenvalue weighted by atomic mass is 32.2. The summed E-state index contributed by atoms with van der Waals surface area (Å²) in [7, 11) is 0. The Bertz CT molecular complexity index is 136. The van der Waals surface area contributed by atoms with E-state index in [0.717, 1.165) is 0 Å². The molecule has 3 nitrogen and oxygen atoms in total. The van der Waals surface area contributed by atoms with Crippen molar-refractivity contribution < 1.29 is 4.79 Å². The maximum atomic E-state index is 10.8. The minimum absolute atomic E-state index is 0.0687. The summed E-state index contributed by atoms with van der Waals surface area (Å²) in [6.07, 6.45) is 5.56. The van der Waals surface area contributed by atoms with Gasteiger partial charge in [-0.1, -0.05) is 12.2 Å². The molecule has 4 heteroatoms. The fourth-order valence-corrected chi connectivity index (χ4v) is 0.899. The minimum Gasteiger partial charge on any atom is -0.352 e. The summed E-state index contributed by atoms with van der Waals surface area (Å²) in [5.74, 6) is 0.593. The van der Waals surface area contributed by atoms with Crippen LogP contribution in [-0.4, -0.2) is 31.0 Å². The van der Waals surface area contributed by atoms with Gasteiger partial charge in [-0.15, -0.1) is 0 Å². The van der Waals surface area contributed by atoms with E-state index in [-0.39, 0.29) is 5.91 Å². The monoisotopic (exact) mass is 174 g/mol. The van der Waals surface area contributed by atoms with Crippen LogP contribution in [0.1, 0.15) is 0 Å². The van der Waals surface area contributed by atoms with Gasteiger partial charge in [-0.25, -0.2) is 0 Å². The molecule has 0 saturated heterocycles. The van der Waals surface area contributed by atoms with E-state index in [4.69, 9.17) is 5.73 Å². The van der Waals surface area contributed by atoms with Crippen molar-refractivity contribution in [3.05, 3.63) is 12.2 Å². The molecule has 0 unspecified atom stereocenters. The van der Waals surface area contributed by atoms with Crippen molar-refractivity contribution in [2.45, 2.75) is 0 Å². The highest BCUT2D eigenvalue weighted by Crippen LogP contribution is 1.88. The van der Waals surface area contributed by atoms with E-state index >= 15 is 0 Å². The molecule has 0 aliphatic carbocycles. The highest BCUT2D eigenvalue weighted by molar-refractivity contribution is 7.99. The van der Waals surface area contributed by atoms with E-state index in [2.05, 4.69) is 5.32 Å². The van der Waals surface area contributed by atoms with Crippen LogP contribution >= 0.6 is 11.8 Å². The summed E-state index contributed by atoms with van der Waals surface area (Å²) >= 11 is 1.51. The molecule has 0 aliphatic heterocycles. The van der Waals surface area contributed by atoms with Gasteiger partial charge >= 0.3 is 0 Å². The Kier molecular flexibility index (Phi) is 7.29. The fraction of sp³-hybridized carbons (Fsp3) is 0.571. The van der Waals surface area contributed by atoms with Crippen molar-refractivity contribution >= 4 is 17.7 Å². The molecule has 0 radical (unpaired) electrons. The molecular formula is C7H14N2OS. The fourth-order valence-electron chi connectivity index (χ4n) is 0.534. The summed E-state index contributed by atoms with van der Waals surface area (Å²) in [6.45, 7) is 1.11. The van der Waals surface area contributed by atoms with Crippen LogP contribution < -0.4 is 11.1 Å². The molecule has 0 atom stereocenters. The molecule has 0 spiro atoms. The average molecular weight is 174 g/mol. The Morgan fingerprint density at radius 3 is 2.91 bits per heavy atom. The lowest BCUT2D eigenvalue weighted by Crippen LogP contribution is -2.25. The Balaban J connectivity index is 3.24. The lowest BCUT2D eigenvalue weighted by molar-refractivity contribution is -0.118. The first kappa shape index (κ1) is 10.5. The lowest BCUT2D eigenvalue weighted by atomic mass is 10.5. The third kappa shape index (κ3) is 7.42. The lowest BCUT2D eigenvalue weighted by Gasteiger charge is -1.98. The largest absolute Gasteiger partial charge is 0.352 e. The minimum atomic E-state index is 0.0687. The van der Waals surface area contributed by atoms with Crippen molar-refractivity contribution in [2.75, 3.05) is 25.1 Å². The number of carbonyl (C=O) groups excluding carboxylic acids is 1. The number of rotatable bonds is 5. The van der Waals surface area contributed by atoms with Gasteiger partial charge in [-0.05, 0) is 6.26 Å². The molecule has 0 aromatic heterocycles. The van der Waals surface area contributed by atoms with Gasteiger partial charge < -0.3 is 11.1 Å². The van der Waals surface area contributed by atoms with Crippen molar-refractivity contribution in [1.29, 1.82) is 0 Å². The van der Waals surface area contributed by atoms with Crippen LogP contribution in [0.5, 0.6) is 0 Å². The maximum absolute atomic E-state index is 10.8. The van der Waals surface area contributed by atoms with Gasteiger partial charge in [-0.3, -0.25) is 4.79 Å². The molecule has 0 aromatic carbocycles. The summed E-state index contributed by atoms with van der Waals surface area (Å²) in [5, 5.41) is 2.72. The van der Waals surface area contributed by atoms with Gasteiger partial charge in [-0.2, -0.15) is 11.8 Å². The zero-order chi connectivity index (χ0) is 8.53. The third-order valence-electron chi connectivity index (χ3n) is 0.995. The second-order valence-corrected chi connectivity index (χ2v) is 2.81. The third-order valence-corrected chi connectivity index (χ3v) is 1.55. The SMILES string of the molecule is CSCC(=O)NC/C=C/CN. The van der Waals surface area contributed by atoms with E-state index in [0.29, 0.717) is 18.8 Å². The van der Waals surface area contributed by atoms with Gasteiger partial charge in [0.1, 0.15) is 0 Å². The molecule has 0 bridgehead atoms. The van der Waals surface area contributed by atoms with E-state index in [1.165, 1.54) is 11.8 Å². The maximum Gasteiger partial charge on any atom is 0.230 e. The van der Waals surface area contributed by atoms with E-state index in [1.807, 2.05) is 18.4 Å². The molecular weight excluding hydrogens is 160 g/mol. The molecule has 0 saturated carbocycles. The standard InChI is InChI=1S/C7H14N2OS/c1-11-6-7(10)9-5-3-2-4-8/h2-3H,4-6,8H2,1H3,(H,9,10)/b3-2+. The second kappa shape index (κ2) is 7.63. The zero-order valence-corrected chi connectivity index (χ0v) is 7.49. The predicted octanol–water partition coefficient (Wildman–Crippen LogP) is -0.0195. The van der Waals surface area contributed by atoms with E-state index < -0.39 is 0 Å². The Hall–Kier alpha value is -0.480. The Morgan fingerprint density at radius 2 is 2.36 bits per heavy atom. The highest BCUT2D eigenvalue weighted by Gasteiger charge is 1.94. The van der Waals surface area contributed by atoms with Crippen LogP contribution in [0, 0.1) is 0 Å². The second-order valence-electron chi connectivity index (χ2n) is 1.94. The number of nitrogens with two attached hydrogens (primary N) is 1. The summed E-state index contributed by atoms with van der Waals surface area (Å²) in [5.41, 5.74) is 5.20. The van der Waals surface area contributed by atoms with Crippen LogP contribution in [0.15, 0.2) is 12.2 Å². The summed E-state index contributed by atoms with van der Waals surface area (Å²) in [4.78, 5) is 10.8. The van der Waals surface area contributed by atoms with Crippen LogP contribution in [0.3, 0.4) is 0 Å². The van der Waals surface area contributed by atoms with E-state index in [9.17, 15) is 4.79 Å². The Labute approximate surface area is 71.4 Å². The van der Waals surface area contributed by atoms with Crippen LogP contribution in [0.25, 0.3) is 0 Å². The predicted molar refractivity (Wildman–Crippen MR) is 49.6 cm³/mol. The summed E-state index contributed by atoms with van der Waals surface area (Å²) in [6, 6.07) is 0. The van der Waals surface area contributed by atoms with Crippen molar-refractivity contribution in [3.8, 4) is 0 Å². The first-order valence-electron chi connectivity index (χ1n) is 3.42. The molecule has 11 heavy (non-hydrogen) atoms. The topological polar surface area (TPSA) is 55.1 Å². The van der Waals surface area contributed by atoms with Gasteiger partial charge in [0.2, 0.25) is 5.91 Å².